The second kappa shape index (κ2) is 7.01. The van der Waals surface area contributed by atoms with Gasteiger partial charge in [-0.1, -0.05) is 26.0 Å². The molecule has 0 bridgehead atoms. The van der Waals surface area contributed by atoms with Gasteiger partial charge in [-0.2, -0.15) is 0 Å². The summed E-state index contributed by atoms with van der Waals surface area (Å²) in [6.45, 7) is 11.8. The van der Waals surface area contributed by atoms with Crippen molar-refractivity contribution >= 4 is 0 Å². The number of nitrogens with one attached hydrogen (secondary N) is 1. The molecule has 0 saturated heterocycles. The molecule has 108 valence electrons. The SMILES string of the molecule is CCN(CCn1cc(CNC2CC2)nn1)CC(C)C. The lowest BCUT2D eigenvalue weighted by Gasteiger charge is -2.22. The summed E-state index contributed by atoms with van der Waals surface area (Å²) < 4.78 is 1.97. The molecule has 1 aromatic heterocycles. The van der Waals surface area contributed by atoms with Crippen molar-refractivity contribution in [3.05, 3.63) is 11.9 Å². The average Bonchev–Trinajstić information content (AvgIpc) is 3.10. The third kappa shape index (κ3) is 5.28. The minimum atomic E-state index is 0.717. The molecule has 1 aliphatic rings. The third-order valence-corrected chi connectivity index (χ3v) is 3.45. The molecule has 5 heteroatoms. The molecule has 0 aliphatic heterocycles. The van der Waals surface area contributed by atoms with Crippen molar-refractivity contribution in [2.45, 2.75) is 52.7 Å². The van der Waals surface area contributed by atoms with Gasteiger partial charge < -0.3 is 10.2 Å². The van der Waals surface area contributed by atoms with Crippen LogP contribution in [0.2, 0.25) is 0 Å². The van der Waals surface area contributed by atoms with Crippen molar-refractivity contribution in [2.75, 3.05) is 19.6 Å². The largest absolute Gasteiger partial charge is 0.308 e. The van der Waals surface area contributed by atoms with E-state index < -0.39 is 0 Å². The van der Waals surface area contributed by atoms with Crippen LogP contribution < -0.4 is 5.32 Å². The highest BCUT2D eigenvalue weighted by molar-refractivity contribution is 4.94. The highest BCUT2D eigenvalue weighted by atomic mass is 15.4. The van der Waals surface area contributed by atoms with Gasteiger partial charge in [0.05, 0.1) is 12.2 Å². The molecule has 19 heavy (non-hydrogen) atoms. The van der Waals surface area contributed by atoms with Crippen molar-refractivity contribution in [3.63, 3.8) is 0 Å². The van der Waals surface area contributed by atoms with Gasteiger partial charge in [-0.25, -0.2) is 0 Å². The van der Waals surface area contributed by atoms with Gasteiger partial charge >= 0.3 is 0 Å². The predicted molar refractivity (Wildman–Crippen MR) is 76.8 cm³/mol. The molecule has 1 fully saturated rings. The second-order valence-electron chi connectivity index (χ2n) is 5.92. The normalized spacial score (nSPS) is 15.6. The Morgan fingerprint density at radius 1 is 1.47 bits per heavy atom. The molecule has 0 atom stereocenters. The first-order chi connectivity index (χ1) is 9.17. The van der Waals surface area contributed by atoms with Crippen LogP contribution in [-0.4, -0.2) is 45.6 Å². The van der Waals surface area contributed by atoms with Gasteiger partial charge in [0.25, 0.3) is 0 Å². The Labute approximate surface area is 116 Å². The van der Waals surface area contributed by atoms with Gasteiger partial charge in [0, 0.05) is 31.9 Å². The number of rotatable bonds is 9. The summed E-state index contributed by atoms with van der Waals surface area (Å²) in [5.74, 6) is 0.717. The van der Waals surface area contributed by atoms with E-state index in [1.165, 1.54) is 12.8 Å². The minimum absolute atomic E-state index is 0.717. The Balaban J connectivity index is 1.71. The number of likely N-dealkylation sites (N-methyl/N-ethyl adjacent to an activating group) is 1. The maximum atomic E-state index is 4.21. The van der Waals surface area contributed by atoms with Crippen molar-refractivity contribution < 1.29 is 0 Å². The molecule has 0 unspecified atom stereocenters. The maximum Gasteiger partial charge on any atom is 0.0964 e. The van der Waals surface area contributed by atoms with E-state index >= 15 is 0 Å². The van der Waals surface area contributed by atoms with Crippen LogP contribution in [-0.2, 0) is 13.1 Å². The van der Waals surface area contributed by atoms with Gasteiger partial charge in [-0.3, -0.25) is 4.68 Å². The van der Waals surface area contributed by atoms with E-state index in [1.807, 2.05) is 4.68 Å². The number of hydrogen-bond acceptors (Lipinski definition) is 4. The maximum absolute atomic E-state index is 4.21. The van der Waals surface area contributed by atoms with Crippen molar-refractivity contribution in [1.29, 1.82) is 0 Å². The molecule has 1 heterocycles. The van der Waals surface area contributed by atoms with E-state index in [2.05, 4.69) is 47.5 Å². The van der Waals surface area contributed by atoms with Crippen molar-refractivity contribution in [1.82, 2.24) is 25.2 Å². The smallest absolute Gasteiger partial charge is 0.0964 e. The van der Waals surface area contributed by atoms with E-state index in [0.717, 1.165) is 44.5 Å². The van der Waals surface area contributed by atoms with Gasteiger partial charge in [0.2, 0.25) is 0 Å². The quantitative estimate of drug-likeness (QED) is 0.735. The fourth-order valence-corrected chi connectivity index (χ4v) is 2.20. The van der Waals surface area contributed by atoms with Crippen LogP contribution in [0.25, 0.3) is 0 Å². The second-order valence-corrected chi connectivity index (χ2v) is 5.92. The Bertz CT molecular complexity index is 370. The van der Waals surface area contributed by atoms with E-state index in [9.17, 15) is 0 Å². The van der Waals surface area contributed by atoms with Crippen LogP contribution >= 0.6 is 0 Å². The first kappa shape index (κ1) is 14.5. The summed E-state index contributed by atoms with van der Waals surface area (Å²) >= 11 is 0. The molecule has 0 aromatic carbocycles. The standard InChI is InChI=1S/C14H27N5/c1-4-18(10-12(2)3)7-8-19-11-14(16-17-19)9-15-13-5-6-13/h11-13,15H,4-10H2,1-3H3. The van der Waals surface area contributed by atoms with Gasteiger partial charge in [0.1, 0.15) is 0 Å². The molecule has 1 aromatic rings. The van der Waals surface area contributed by atoms with Gasteiger partial charge in [-0.05, 0) is 25.3 Å². The van der Waals surface area contributed by atoms with Crippen LogP contribution in [0.4, 0.5) is 0 Å². The molecule has 0 amide bonds. The Hall–Kier alpha value is -0.940. The Morgan fingerprint density at radius 3 is 2.89 bits per heavy atom. The Kier molecular flexibility index (Phi) is 5.34. The number of aromatic nitrogens is 3. The molecule has 1 aliphatic carbocycles. The number of nitrogens with zero attached hydrogens (tertiary/aromatic N) is 4. The minimum Gasteiger partial charge on any atom is -0.308 e. The summed E-state index contributed by atoms with van der Waals surface area (Å²) in [4.78, 5) is 2.47. The summed E-state index contributed by atoms with van der Waals surface area (Å²) in [5, 5.41) is 11.9. The van der Waals surface area contributed by atoms with Crippen LogP contribution in [0.1, 0.15) is 39.3 Å². The fraction of sp³-hybridized carbons (Fsp3) is 0.857. The molecular formula is C14H27N5. The number of hydrogen-bond donors (Lipinski definition) is 1. The predicted octanol–water partition coefficient (Wildman–Crippen LogP) is 1.51. The van der Waals surface area contributed by atoms with Crippen molar-refractivity contribution in [3.8, 4) is 0 Å². The summed E-state index contributed by atoms with van der Waals surface area (Å²) in [5.41, 5.74) is 1.05. The molecule has 5 nitrogen and oxygen atoms in total. The van der Waals surface area contributed by atoms with E-state index in [-0.39, 0.29) is 0 Å². The van der Waals surface area contributed by atoms with E-state index in [4.69, 9.17) is 0 Å². The lowest BCUT2D eigenvalue weighted by atomic mass is 10.2. The monoisotopic (exact) mass is 265 g/mol. The lowest BCUT2D eigenvalue weighted by molar-refractivity contribution is 0.242. The Morgan fingerprint density at radius 2 is 2.26 bits per heavy atom. The molecular weight excluding hydrogens is 238 g/mol. The molecule has 2 rings (SSSR count). The molecule has 0 spiro atoms. The lowest BCUT2D eigenvalue weighted by Crippen LogP contribution is -2.31. The fourth-order valence-electron chi connectivity index (χ4n) is 2.20. The topological polar surface area (TPSA) is 46.0 Å². The summed E-state index contributed by atoms with van der Waals surface area (Å²) in [7, 11) is 0. The third-order valence-electron chi connectivity index (χ3n) is 3.45. The molecule has 1 N–H and O–H groups in total. The zero-order valence-corrected chi connectivity index (χ0v) is 12.5. The summed E-state index contributed by atoms with van der Waals surface area (Å²) in [6, 6.07) is 0.728. The van der Waals surface area contributed by atoms with Gasteiger partial charge in [0.15, 0.2) is 0 Å². The average molecular weight is 265 g/mol. The summed E-state index contributed by atoms with van der Waals surface area (Å²) in [6.07, 6.45) is 4.70. The first-order valence-corrected chi connectivity index (χ1v) is 7.52. The molecule has 0 radical (unpaired) electrons. The van der Waals surface area contributed by atoms with Crippen LogP contribution in [0.5, 0.6) is 0 Å². The van der Waals surface area contributed by atoms with Crippen LogP contribution in [0.3, 0.4) is 0 Å². The van der Waals surface area contributed by atoms with Crippen molar-refractivity contribution in [2.24, 2.45) is 5.92 Å². The van der Waals surface area contributed by atoms with Crippen LogP contribution in [0, 0.1) is 5.92 Å². The zero-order valence-electron chi connectivity index (χ0n) is 12.5. The van der Waals surface area contributed by atoms with E-state index in [1.54, 1.807) is 0 Å². The first-order valence-electron chi connectivity index (χ1n) is 7.52. The zero-order chi connectivity index (χ0) is 13.7. The van der Waals surface area contributed by atoms with Gasteiger partial charge in [-0.15, -0.1) is 5.10 Å². The highest BCUT2D eigenvalue weighted by Gasteiger charge is 2.20. The molecule has 1 saturated carbocycles. The van der Waals surface area contributed by atoms with E-state index in [0.29, 0.717) is 5.92 Å². The van der Waals surface area contributed by atoms with Crippen LogP contribution in [0.15, 0.2) is 6.20 Å². The highest BCUT2D eigenvalue weighted by Crippen LogP contribution is 2.18.